The Kier molecular flexibility index (Phi) is 21.7. The highest BCUT2D eigenvalue weighted by molar-refractivity contribution is 5.92. The van der Waals surface area contributed by atoms with E-state index in [2.05, 4.69) is 26.3 Å². The number of guanidine groups is 1. The SMILES string of the molecule is CC(C)C[C@H](NC(=O)[C@@H](NC(=O)[C@H](CCCN=C(N)N)NC(=O)OCc1ccccc1)C(C)c1ccccc1)[C@@H](O)CC(=O)NCCc1ccccc1.O=C(O)C(F)(F)F. The molecule has 0 aliphatic heterocycles. The minimum Gasteiger partial charge on any atom is -0.475 e. The van der Waals surface area contributed by atoms with Crippen LogP contribution in [0.1, 0.15) is 69.1 Å². The van der Waals surface area contributed by atoms with Crippen molar-refractivity contribution in [2.75, 3.05) is 13.1 Å². The molecule has 0 fully saturated rings. The molecule has 10 N–H and O–H groups in total. The lowest BCUT2D eigenvalue weighted by atomic mass is 9.91. The number of nitrogens with one attached hydrogen (secondary N) is 4. The average molecular weight is 844 g/mol. The van der Waals surface area contributed by atoms with Gasteiger partial charge in [-0.25, -0.2) is 9.59 Å². The van der Waals surface area contributed by atoms with Gasteiger partial charge in [-0.05, 0) is 48.3 Å². The van der Waals surface area contributed by atoms with E-state index in [9.17, 15) is 37.5 Å². The fourth-order valence-corrected chi connectivity index (χ4v) is 5.79. The number of alkyl carbamates (subject to hydrolysis) is 1. The van der Waals surface area contributed by atoms with Crippen molar-refractivity contribution >= 4 is 35.7 Å². The predicted octanol–water partition coefficient (Wildman–Crippen LogP) is 3.90. The second-order valence-corrected chi connectivity index (χ2v) is 14.3. The van der Waals surface area contributed by atoms with E-state index in [1.165, 1.54) is 0 Å². The largest absolute Gasteiger partial charge is 0.490 e. The van der Waals surface area contributed by atoms with Crippen LogP contribution >= 0.6 is 0 Å². The van der Waals surface area contributed by atoms with Gasteiger partial charge in [-0.15, -0.1) is 0 Å². The Morgan fingerprint density at radius 3 is 1.88 bits per heavy atom. The summed E-state index contributed by atoms with van der Waals surface area (Å²) >= 11 is 0. The van der Waals surface area contributed by atoms with E-state index < -0.39 is 60.2 Å². The molecular formula is C42H56F3N7O8. The fourth-order valence-electron chi connectivity index (χ4n) is 5.79. The van der Waals surface area contributed by atoms with E-state index in [0.29, 0.717) is 25.8 Å². The summed E-state index contributed by atoms with van der Waals surface area (Å²) in [6.45, 7) is 6.32. The maximum absolute atomic E-state index is 14.1. The number of alkyl halides is 3. The topological polar surface area (TPSA) is 248 Å². The van der Waals surface area contributed by atoms with Crippen molar-refractivity contribution in [3.63, 3.8) is 0 Å². The number of aliphatic hydroxyl groups is 1. The fraction of sp³-hybridized carbons (Fsp3) is 0.429. The molecule has 328 valence electrons. The number of aliphatic hydroxyl groups excluding tert-OH is 1. The summed E-state index contributed by atoms with van der Waals surface area (Å²) in [5.74, 6) is -4.82. The highest BCUT2D eigenvalue weighted by Crippen LogP contribution is 2.21. The maximum atomic E-state index is 14.1. The van der Waals surface area contributed by atoms with E-state index >= 15 is 0 Å². The van der Waals surface area contributed by atoms with Crippen LogP contribution in [0.15, 0.2) is 96.0 Å². The van der Waals surface area contributed by atoms with Gasteiger partial charge in [-0.3, -0.25) is 19.4 Å². The number of amides is 4. The van der Waals surface area contributed by atoms with Crippen molar-refractivity contribution in [2.24, 2.45) is 22.4 Å². The first-order valence-electron chi connectivity index (χ1n) is 19.3. The number of benzene rings is 3. The number of aliphatic imine (C=N–C) groups is 1. The van der Waals surface area contributed by atoms with Crippen molar-refractivity contribution in [3.8, 4) is 0 Å². The minimum absolute atomic E-state index is 0.00427. The van der Waals surface area contributed by atoms with Crippen LogP contribution in [-0.2, 0) is 36.9 Å². The molecule has 4 amide bonds. The van der Waals surface area contributed by atoms with Crippen LogP contribution in [0, 0.1) is 5.92 Å². The van der Waals surface area contributed by atoms with Gasteiger partial charge >= 0.3 is 18.2 Å². The Labute approximate surface area is 347 Å². The van der Waals surface area contributed by atoms with Gasteiger partial charge in [0.05, 0.1) is 18.6 Å². The zero-order valence-electron chi connectivity index (χ0n) is 33.9. The van der Waals surface area contributed by atoms with E-state index in [-0.39, 0.29) is 43.8 Å². The van der Waals surface area contributed by atoms with Gasteiger partial charge in [0, 0.05) is 19.0 Å². The number of nitrogens with zero attached hydrogens (tertiary/aromatic N) is 1. The molecule has 15 nitrogen and oxygen atoms in total. The first-order valence-corrected chi connectivity index (χ1v) is 19.3. The third-order valence-electron chi connectivity index (χ3n) is 8.91. The van der Waals surface area contributed by atoms with Gasteiger partial charge in [-0.2, -0.15) is 13.2 Å². The standard InChI is InChI=1S/C40H55N7O6.C2HF3O2/c1-27(2)24-33(34(48)25-35(49)43-23-21-29-14-7-4-8-15-29)45-38(51)36(28(3)31-18-11-6-12-19-31)47-37(50)32(20-13-22-44-39(41)42)46-40(52)53-26-30-16-9-5-10-17-30;3-2(4,5)1(6)7/h4-12,14-19,27-28,32-34,36,48H,13,20-26H2,1-3H3,(H,43,49)(H,45,51)(H,46,52)(H,47,50)(H4,41,42,44);(H,6,7)/t28?,32-,33-,34-,36-;/m0./s1. The number of aliphatic carboxylic acids is 1. The zero-order valence-corrected chi connectivity index (χ0v) is 33.9. The molecule has 3 aromatic carbocycles. The number of ether oxygens (including phenoxy) is 1. The molecule has 18 heteroatoms. The third-order valence-corrected chi connectivity index (χ3v) is 8.91. The molecule has 0 aromatic heterocycles. The molecule has 0 spiro atoms. The van der Waals surface area contributed by atoms with Gasteiger partial charge < -0.3 is 47.7 Å². The first kappa shape index (κ1) is 50.0. The van der Waals surface area contributed by atoms with Crippen LogP contribution in [0.25, 0.3) is 0 Å². The number of carbonyl (C=O) groups is 5. The van der Waals surface area contributed by atoms with Crippen LogP contribution in [0.4, 0.5) is 18.0 Å². The van der Waals surface area contributed by atoms with E-state index in [0.717, 1.165) is 16.7 Å². The number of carboxylic acids is 1. The predicted molar refractivity (Wildman–Crippen MR) is 219 cm³/mol. The van der Waals surface area contributed by atoms with Crippen molar-refractivity contribution in [3.05, 3.63) is 108 Å². The van der Waals surface area contributed by atoms with Crippen LogP contribution in [0.5, 0.6) is 0 Å². The molecule has 3 rings (SSSR count). The number of nitrogens with two attached hydrogens (primary N) is 2. The van der Waals surface area contributed by atoms with Crippen molar-refractivity contribution in [1.29, 1.82) is 0 Å². The Hall–Kier alpha value is -6.17. The molecule has 0 saturated heterocycles. The quantitative estimate of drug-likeness (QED) is 0.0437. The molecule has 0 aliphatic rings. The van der Waals surface area contributed by atoms with E-state index in [4.69, 9.17) is 26.1 Å². The van der Waals surface area contributed by atoms with Gasteiger partial charge in [-0.1, -0.05) is 112 Å². The molecular weight excluding hydrogens is 787 g/mol. The molecule has 0 saturated carbocycles. The highest BCUT2D eigenvalue weighted by Gasteiger charge is 2.38. The summed E-state index contributed by atoms with van der Waals surface area (Å²) in [6.07, 6.45) is -5.79. The Bertz CT molecular complexity index is 1800. The van der Waals surface area contributed by atoms with Gasteiger partial charge in [0.1, 0.15) is 18.7 Å². The van der Waals surface area contributed by atoms with Gasteiger partial charge in [0.15, 0.2) is 5.96 Å². The molecule has 0 heterocycles. The van der Waals surface area contributed by atoms with Crippen LogP contribution in [-0.4, -0.2) is 89.5 Å². The summed E-state index contributed by atoms with van der Waals surface area (Å²) in [6, 6.07) is 25.1. The molecule has 5 atom stereocenters. The summed E-state index contributed by atoms with van der Waals surface area (Å²) in [5.41, 5.74) is 13.6. The summed E-state index contributed by atoms with van der Waals surface area (Å²) < 4.78 is 37.1. The zero-order chi connectivity index (χ0) is 44.7. The molecule has 1 unspecified atom stereocenters. The normalized spacial score (nSPS) is 13.5. The van der Waals surface area contributed by atoms with Crippen LogP contribution in [0.3, 0.4) is 0 Å². The summed E-state index contributed by atoms with van der Waals surface area (Å²) in [7, 11) is 0. The van der Waals surface area contributed by atoms with Gasteiger partial charge in [0.2, 0.25) is 17.7 Å². The smallest absolute Gasteiger partial charge is 0.475 e. The van der Waals surface area contributed by atoms with Crippen LogP contribution in [0.2, 0.25) is 0 Å². The Balaban J connectivity index is 0.00000162. The molecule has 3 aromatic rings. The Morgan fingerprint density at radius 2 is 1.35 bits per heavy atom. The lowest BCUT2D eigenvalue weighted by molar-refractivity contribution is -0.192. The van der Waals surface area contributed by atoms with Gasteiger partial charge in [0.25, 0.3) is 0 Å². The van der Waals surface area contributed by atoms with Crippen LogP contribution < -0.4 is 32.7 Å². The first-order chi connectivity index (χ1) is 28.4. The number of carboxylic acid groups (broad SMARTS) is 1. The minimum atomic E-state index is -5.08. The van der Waals surface area contributed by atoms with E-state index in [1.54, 1.807) is 0 Å². The lowest BCUT2D eigenvalue weighted by Gasteiger charge is -2.31. The molecule has 60 heavy (non-hydrogen) atoms. The number of rotatable bonds is 21. The monoisotopic (exact) mass is 843 g/mol. The molecule has 0 aliphatic carbocycles. The second-order valence-electron chi connectivity index (χ2n) is 14.3. The van der Waals surface area contributed by atoms with E-state index in [1.807, 2.05) is 112 Å². The number of hydrogen-bond donors (Lipinski definition) is 8. The molecule has 0 radical (unpaired) electrons. The maximum Gasteiger partial charge on any atom is 0.490 e. The Morgan fingerprint density at radius 1 is 0.800 bits per heavy atom. The number of halogens is 3. The van der Waals surface area contributed by atoms with Crippen molar-refractivity contribution in [1.82, 2.24) is 21.3 Å². The number of carbonyl (C=O) groups excluding carboxylic acids is 4. The van der Waals surface area contributed by atoms with Crippen molar-refractivity contribution < 1.29 is 52.1 Å². The van der Waals surface area contributed by atoms with Crippen molar-refractivity contribution in [2.45, 2.75) is 95.8 Å². The molecule has 0 bridgehead atoms. The highest BCUT2D eigenvalue weighted by atomic mass is 19.4. The summed E-state index contributed by atoms with van der Waals surface area (Å²) in [4.78, 5) is 66.6. The second kappa shape index (κ2) is 26.0. The lowest BCUT2D eigenvalue weighted by Crippen LogP contribution is -2.58. The summed E-state index contributed by atoms with van der Waals surface area (Å²) in [5, 5.41) is 29.6. The third kappa shape index (κ3) is 20.0. The average Bonchev–Trinajstić information content (AvgIpc) is 3.20. The number of hydrogen-bond acceptors (Lipinski definition) is 8.